The van der Waals surface area contributed by atoms with Crippen LogP contribution >= 0.6 is 0 Å². The summed E-state index contributed by atoms with van der Waals surface area (Å²) in [6, 6.07) is 28.1. The first kappa shape index (κ1) is 21.1. The van der Waals surface area contributed by atoms with Gasteiger partial charge < -0.3 is 10.1 Å². The zero-order valence-corrected chi connectivity index (χ0v) is 17.4. The SMILES string of the molecule is O=C(COC(=O)c1ccc(-n2cccn2)cc1)NC(Cc1ccccc1)c1ccccc1. The van der Waals surface area contributed by atoms with E-state index < -0.39 is 5.97 Å². The lowest BCUT2D eigenvalue weighted by atomic mass is 9.99. The minimum atomic E-state index is -0.550. The third-order valence-corrected chi connectivity index (χ3v) is 5.03. The van der Waals surface area contributed by atoms with E-state index in [1.807, 2.05) is 72.9 Å². The number of ether oxygens (including phenoxy) is 1. The van der Waals surface area contributed by atoms with E-state index in [0.29, 0.717) is 12.0 Å². The number of carbonyl (C=O) groups is 2. The van der Waals surface area contributed by atoms with Crippen LogP contribution in [0.2, 0.25) is 0 Å². The maximum Gasteiger partial charge on any atom is 0.338 e. The van der Waals surface area contributed by atoms with E-state index in [-0.39, 0.29) is 18.6 Å². The van der Waals surface area contributed by atoms with Crippen LogP contribution in [0.5, 0.6) is 0 Å². The first-order chi connectivity index (χ1) is 15.7. The molecule has 1 aromatic heterocycles. The molecule has 160 valence electrons. The molecule has 0 saturated carbocycles. The molecule has 0 fully saturated rings. The van der Waals surface area contributed by atoms with Gasteiger partial charge in [-0.2, -0.15) is 5.10 Å². The van der Waals surface area contributed by atoms with Gasteiger partial charge in [0.05, 0.1) is 17.3 Å². The Bertz CT molecular complexity index is 1140. The van der Waals surface area contributed by atoms with Crippen molar-refractivity contribution in [2.45, 2.75) is 12.5 Å². The number of rotatable bonds is 8. The first-order valence-corrected chi connectivity index (χ1v) is 10.3. The molecule has 1 heterocycles. The van der Waals surface area contributed by atoms with Crippen LogP contribution in [0.15, 0.2) is 103 Å². The summed E-state index contributed by atoms with van der Waals surface area (Å²) < 4.78 is 6.93. The fourth-order valence-corrected chi connectivity index (χ4v) is 3.41. The minimum absolute atomic E-state index is 0.224. The third kappa shape index (κ3) is 5.49. The summed E-state index contributed by atoms with van der Waals surface area (Å²) >= 11 is 0. The molecule has 0 spiro atoms. The van der Waals surface area contributed by atoms with Gasteiger partial charge in [-0.25, -0.2) is 9.48 Å². The van der Waals surface area contributed by atoms with Gasteiger partial charge in [-0.1, -0.05) is 60.7 Å². The number of hydrogen-bond acceptors (Lipinski definition) is 4. The molecule has 1 atom stereocenters. The number of esters is 1. The van der Waals surface area contributed by atoms with Crippen molar-refractivity contribution in [3.63, 3.8) is 0 Å². The lowest BCUT2D eigenvalue weighted by Gasteiger charge is -2.19. The monoisotopic (exact) mass is 425 g/mol. The quantitative estimate of drug-likeness (QED) is 0.431. The van der Waals surface area contributed by atoms with E-state index in [1.54, 1.807) is 35.1 Å². The van der Waals surface area contributed by atoms with Crippen molar-refractivity contribution in [2.24, 2.45) is 0 Å². The smallest absolute Gasteiger partial charge is 0.338 e. The van der Waals surface area contributed by atoms with E-state index in [4.69, 9.17) is 4.74 Å². The number of benzene rings is 3. The number of aromatic nitrogens is 2. The Morgan fingerprint density at radius 3 is 2.22 bits per heavy atom. The van der Waals surface area contributed by atoms with Crippen LogP contribution in [0.3, 0.4) is 0 Å². The molecule has 0 saturated heterocycles. The molecule has 0 radical (unpaired) electrons. The van der Waals surface area contributed by atoms with Crippen molar-refractivity contribution >= 4 is 11.9 Å². The van der Waals surface area contributed by atoms with Gasteiger partial charge in [-0.15, -0.1) is 0 Å². The number of nitrogens with zero attached hydrogens (tertiary/aromatic N) is 2. The summed E-state index contributed by atoms with van der Waals surface area (Å²) in [6.07, 6.45) is 4.14. The molecule has 0 aliphatic carbocycles. The summed E-state index contributed by atoms with van der Waals surface area (Å²) in [5.74, 6) is -0.900. The maximum atomic E-state index is 12.6. The third-order valence-electron chi connectivity index (χ3n) is 5.03. The molecule has 1 unspecified atom stereocenters. The van der Waals surface area contributed by atoms with Crippen LogP contribution in [-0.4, -0.2) is 28.3 Å². The Morgan fingerprint density at radius 1 is 0.875 bits per heavy atom. The predicted molar refractivity (Wildman–Crippen MR) is 121 cm³/mol. The zero-order valence-electron chi connectivity index (χ0n) is 17.4. The highest BCUT2D eigenvalue weighted by Gasteiger charge is 2.17. The topological polar surface area (TPSA) is 73.2 Å². The Labute approximate surface area is 186 Å². The molecule has 3 aromatic carbocycles. The van der Waals surface area contributed by atoms with Crippen molar-refractivity contribution in [2.75, 3.05) is 6.61 Å². The van der Waals surface area contributed by atoms with Gasteiger partial charge in [0, 0.05) is 12.4 Å². The number of carbonyl (C=O) groups excluding carboxylic acids is 2. The number of amides is 1. The summed E-state index contributed by atoms with van der Waals surface area (Å²) in [5.41, 5.74) is 3.30. The van der Waals surface area contributed by atoms with Gasteiger partial charge in [0.1, 0.15) is 0 Å². The van der Waals surface area contributed by atoms with Crippen LogP contribution in [0.25, 0.3) is 5.69 Å². The van der Waals surface area contributed by atoms with Crippen molar-refractivity contribution in [1.29, 1.82) is 0 Å². The molecule has 0 aliphatic rings. The van der Waals surface area contributed by atoms with Crippen molar-refractivity contribution in [1.82, 2.24) is 15.1 Å². The Morgan fingerprint density at radius 2 is 1.56 bits per heavy atom. The average Bonchev–Trinajstić information content (AvgIpc) is 3.39. The van der Waals surface area contributed by atoms with Crippen LogP contribution < -0.4 is 5.32 Å². The second-order valence-electron chi connectivity index (χ2n) is 7.29. The van der Waals surface area contributed by atoms with Crippen LogP contribution in [-0.2, 0) is 16.0 Å². The lowest BCUT2D eigenvalue weighted by molar-refractivity contribution is -0.125. The van der Waals surface area contributed by atoms with Crippen molar-refractivity contribution < 1.29 is 14.3 Å². The molecule has 32 heavy (non-hydrogen) atoms. The zero-order chi connectivity index (χ0) is 22.2. The lowest BCUT2D eigenvalue weighted by Crippen LogP contribution is -2.33. The predicted octanol–water partition coefficient (Wildman–Crippen LogP) is 4.13. The minimum Gasteiger partial charge on any atom is -0.452 e. The highest BCUT2D eigenvalue weighted by molar-refractivity contribution is 5.91. The van der Waals surface area contributed by atoms with E-state index in [9.17, 15) is 9.59 Å². The average molecular weight is 425 g/mol. The van der Waals surface area contributed by atoms with Gasteiger partial charge in [-0.05, 0) is 47.9 Å². The second kappa shape index (κ2) is 10.2. The van der Waals surface area contributed by atoms with Crippen LogP contribution in [0.1, 0.15) is 27.5 Å². The second-order valence-corrected chi connectivity index (χ2v) is 7.29. The van der Waals surface area contributed by atoms with Gasteiger partial charge in [0.15, 0.2) is 6.61 Å². The molecule has 1 N–H and O–H groups in total. The van der Waals surface area contributed by atoms with Crippen molar-refractivity contribution in [3.8, 4) is 5.69 Å². The van der Waals surface area contributed by atoms with Gasteiger partial charge >= 0.3 is 5.97 Å². The molecule has 1 amide bonds. The Kier molecular flexibility index (Phi) is 6.72. The molecular weight excluding hydrogens is 402 g/mol. The summed E-state index contributed by atoms with van der Waals surface area (Å²) in [6.45, 7) is -0.349. The van der Waals surface area contributed by atoms with E-state index in [0.717, 1.165) is 16.8 Å². The molecule has 0 aliphatic heterocycles. The highest BCUT2D eigenvalue weighted by atomic mass is 16.5. The molecule has 6 heteroatoms. The van der Waals surface area contributed by atoms with Crippen LogP contribution in [0, 0.1) is 0 Å². The molecule has 4 rings (SSSR count). The Balaban J connectivity index is 1.36. The fraction of sp³-hybridized carbons (Fsp3) is 0.115. The van der Waals surface area contributed by atoms with E-state index >= 15 is 0 Å². The summed E-state index contributed by atoms with van der Waals surface area (Å²) in [4.78, 5) is 24.9. The molecule has 4 aromatic rings. The Hall–Kier alpha value is -4.19. The fourth-order valence-electron chi connectivity index (χ4n) is 3.41. The summed E-state index contributed by atoms with van der Waals surface area (Å²) in [5, 5.41) is 7.14. The highest BCUT2D eigenvalue weighted by Crippen LogP contribution is 2.18. The molecule has 0 bridgehead atoms. The van der Waals surface area contributed by atoms with Gasteiger partial charge in [0.25, 0.3) is 5.91 Å². The maximum absolute atomic E-state index is 12.6. The van der Waals surface area contributed by atoms with Gasteiger partial charge in [-0.3, -0.25) is 4.79 Å². The van der Waals surface area contributed by atoms with Gasteiger partial charge in [0.2, 0.25) is 0 Å². The van der Waals surface area contributed by atoms with Crippen molar-refractivity contribution in [3.05, 3.63) is 120 Å². The molecule has 6 nitrogen and oxygen atoms in total. The molecular formula is C26H23N3O3. The number of nitrogens with one attached hydrogen (secondary N) is 1. The standard InChI is InChI=1S/C26H23N3O3/c30-25(19-32-26(31)22-12-14-23(15-13-22)29-17-7-16-27-29)28-24(21-10-5-2-6-11-21)18-20-8-3-1-4-9-20/h1-17,24H,18-19H2,(H,28,30). The largest absolute Gasteiger partial charge is 0.452 e. The number of hydrogen-bond donors (Lipinski definition) is 1. The first-order valence-electron chi connectivity index (χ1n) is 10.3. The van der Waals surface area contributed by atoms with Crippen LogP contribution in [0.4, 0.5) is 0 Å². The van der Waals surface area contributed by atoms with E-state index in [2.05, 4.69) is 10.4 Å². The summed E-state index contributed by atoms with van der Waals surface area (Å²) in [7, 11) is 0. The van der Waals surface area contributed by atoms with E-state index in [1.165, 1.54) is 0 Å². The normalized spacial score (nSPS) is 11.5.